The average molecular weight is 365 g/mol. The molecule has 0 aliphatic carbocycles. The van der Waals surface area contributed by atoms with E-state index in [1.807, 2.05) is 48.8 Å². The molecule has 0 saturated heterocycles. The van der Waals surface area contributed by atoms with Gasteiger partial charge in [0.2, 0.25) is 11.8 Å². The van der Waals surface area contributed by atoms with Gasteiger partial charge in [-0.25, -0.2) is 0 Å². The maximum absolute atomic E-state index is 11.7. The lowest BCUT2D eigenvalue weighted by Gasteiger charge is -2.22. The quantitative estimate of drug-likeness (QED) is 0.441. The van der Waals surface area contributed by atoms with E-state index in [1.54, 1.807) is 0 Å². The van der Waals surface area contributed by atoms with Crippen molar-refractivity contribution in [3.63, 3.8) is 0 Å². The second-order valence-electron chi connectivity index (χ2n) is 5.93. The normalized spacial score (nSPS) is 13.7. The Labute approximate surface area is 124 Å². The second-order valence-corrected chi connectivity index (χ2v) is 8.63. The average Bonchev–Trinajstić information content (AvgIpc) is 2.14. The van der Waals surface area contributed by atoms with Crippen LogP contribution in [0.4, 0.5) is 0 Å². The predicted octanol–water partition coefficient (Wildman–Crippen LogP) is 1.49. The summed E-state index contributed by atoms with van der Waals surface area (Å²) >= 11 is 2.09. The minimum Gasteiger partial charge on any atom is -0.363 e. The van der Waals surface area contributed by atoms with Gasteiger partial charge in [0.1, 0.15) is 0 Å². The zero-order chi connectivity index (χ0) is 14.6. The highest BCUT2D eigenvalue weighted by Crippen LogP contribution is 2.15. The van der Waals surface area contributed by atoms with E-state index in [9.17, 15) is 9.59 Å². The fourth-order valence-corrected chi connectivity index (χ4v) is 1.21. The highest BCUT2D eigenvalue weighted by atomic mass is 127. The van der Waals surface area contributed by atoms with E-state index in [4.69, 9.17) is 0 Å². The van der Waals surface area contributed by atoms with Crippen LogP contribution in [0.1, 0.15) is 41.5 Å². The van der Waals surface area contributed by atoms with Gasteiger partial charge in [0.15, 0.2) is 7.28 Å². The third-order valence-electron chi connectivity index (χ3n) is 2.31. The minimum absolute atomic E-state index is 0.00584. The summed E-state index contributed by atoms with van der Waals surface area (Å²) < 4.78 is -0.413. The van der Waals surface area contributed by atoms with E-state index < -0.39 is 8.84 Å². The summed E-state index contributed by atoms with van der Waals surface area (Å²) in [5, 5.41) is 5.70. The number of nitrogens with one attached hydrogen (secondary N) is 2. The highest BCUT2D eigenvalue weighted by Gasteiger charge is 2.24. The van der Waals surface area contributed by atoms with Crippen molar-refractivity contribution in [3.8, 4) is 0 Å². The van der Waals surface area contributed by atoms with Gasteiger partial charge < -0.3 is 10.6 Å². The topological polar surface area (TPSA) is 58.2 Å². The Kier molecular flexibility index (Phi) is 6.67. The Balaban J connectivity index is 3.96. The van der Waals surface area contributed by atoms with Crippen molar-refractivity contribution in [2.45, 2.75) is 50.9 Å². The molecule has 0 fully saturated rings. The van der Waals surface area contributed by atoms with Gasteiger partial charge in [-0.1, -0.05) is 50.3 Å². The number of hydrogen-bond donors (Lipinski definition) is 2. The summed E-state index contributed by atoms with van der Waals surface area (Å²) in [5.41, 5.74) is -0.393. The fraction of sp³-hybridized carbons (Fsp3) is 0.833. The lowest BCUT2D eigenvalue weighted by molar-refractivity contribution is -0.128. The zero-order valence-corrected chi connectivity index (χ0v) is 14.2. The molecule has 0 saturated carbocycles. The molecule has 1 radical (unpaired) electrons. The van der Waals surface area contributed by atoms with E-state index >= 15 is 0 Å². The van der Waals surface area contributed by atoms with Crippen LogP contribution in [-0.4, -0.2) is 34.9 Å². The third kappa shape index (κ3) is 7.23. The van der Waals surface area contributed by atoms with Crippen LogP contribution in [-0.2, 0) is 9.59 Å². The summed E-state index contributed by atoms with van der Waals surface area (Å²) in [6.45, 7) is 11.2. The molecule has 6 heteroatoms. The molecule has 0 aliphatic rings. The molecule has 0 aromatic heterocycles. The molecule has 4 nitrogen and oxygen atoms in total. The Morgan fingerprint density at radius 2 is 1.67 bits per heavy atom. The first-order chi connectivity index (χ1) is 7.94. The van der Waals surface area contributed by atoms with E-state index in [0.717, 1.165) is 0 Å². The lowest BCUT2D eigenvalue weighted by atomic mass is 9.70. The molecular weight excluding hydrogens is 342 g/mol. The highest BCUT2D eigenvalue weighted by molar-refractivity contribution is 14.1. The van der Waals surface area contributed by atoms with Crippen molar-refractivity contribution in [1.29, 1.82) is 0 Å². The van der Waals surface area contributed by atoms with Crippen molar-refractivity contribution in [2.24, 2.45) is 5.41 Å². The molecule has 0 heterocycles. The molecule has 0 rings (SSSR count). The SMILES string of the molecule is CC([B]CNC(=O)C(C)(C)I)NC(=O)C(C)(C)C. The smallest absolute Gasteiger partial charge is 0.234 e. The number of carbonyl (C=O) groups is 2. The molecule has 103 valence electrons. The van der Waals surface area contributed by atoms with Crippen LogP contribution in [0, 0.1) is 5.41 Å². The standard InChI is InChI=1S/C12H23BIN2O2/c1-8(16-9(17)11(2,3)4)13-7-15-10(18)12(5,6)14/h8H,7H2,1-6H3,(H,15,18)(H,16,17). The molecule has 0 bridgehead atoms. The number of rotatable bonds is 5. The van der Waals surface area contributed by atoms with Crippen molar-refractivity contribution >= 4 is 41.7 Å². The van der Waals surface area contributed by atoms with Crippen molar-refractivity contribution in [2.75, 3.05) is 6.44 Å². The monoisotopic (exact) mass is 365 g/mol. The molecule has 0 aromatic carbocycles. The first-order valence-electron chi connectivity index (χ1n) is 6.06. The summed E-state index contributed by atoms with van der Waals surface area (Å²) in [4.78, 5) is 23.3. The van der Waals surface area contributed by atoms with Crippen molar-refractivity contribution in [1.82, 2.24) is 10.6 Å². The van der Waals surface area contributed by atoms with Crippen LogP contribution in [0.15, 0.2) is 0 Å². The summed E-state index contributed by atoms with van der Waals surface area (Å²) in [6.07, 6.45) is 0.455. The number of halogens is 1. The molecule has 1 atom stereocenters. The molecule has 0 aromatic rings. The largest absolute Gasteiger partial charge is 0.363 e. The van der Waals surface area contributed by atoms with Crippen LogP contribution in [0.3, 0.4) is 0 Å². The summed E-state index contributed by atoms with van der Waals surface area (Å²) in [6, 6.07) is 0. The van der Waals surface area contributed by atoms with E-state index in [0.29, 0.717) is 6.44 Å². The molecule has 18 heavy (non-hydrogen) atoms. The van der Waals surface area contributed by atoms with Crippen molar-refractivity contribution < 1.29 is 9.59 Å². The summed E-state index contributed by atoms with van der Waals surface area (Å²) in [7, 11) is 1.88. The van der Waals surface area contributed by atoms with Gasteiger partial charge in [0.25, 0.3) is 0 Å². The van der Waals surface area contributed by atoms with Gasteiger partial charge in [0, 0.05) is 5.41 Å². The number of hydrogen-bond acceptors (Lipinski definition) is 2. The van der Waals surface area contributed by atoms with Crippen LogP contribution in [0.2, 0.25) is 0 Å². The third-order valence-corrected chi connectivity index (χ3v) is 2.80. The summed E-state index contributed by atoms with van der Waals surface area (Å²) in [5.74, 6) is -0.0603. The maximum Gasteiger partial charge on any atom is 0.234 e. The van der Waals surface area contributed by atoms with E-state index in [1.165, 1.54) is 0 Å². The lowest BCUT2D eigenvalue weighted by Crippen LogP contribution is -2.47. The zero-order valence-electron chi connectivity index (χ0n) is 12.1. The second kappa shape index (κ2) is 6.77. The van der Waals surface area contributed by atoms with Gasteiger partial charge in [-0.15, -0.1) is 0 Å². The molecule has 0 aliphatic heterocycles. The van der Waals surface area contributed by atoms with Crippen molar-refractivity contribution in [3.05, 3.63) is 0 Å². The Morgan fingerprint density at radius 3 is 2.06 bits per heavy atom. The van der Waals surface area contributed by atoms with Crippen LogP contribution < -0.4 is 10.6 Å². The van der Waals surface area contributed by atoms with Gasteiger partial charge in [-0.2, -0.15) is 0 Å². The van der Waals surface area contributed by atoms with Crippen LogP contribution in [0.25, 0.3) is 0 Å². The molecular formula is C12H23BIN2O2. The van der Waals surface area contributed by atoms with Gasteiger partial charge >= 0.3 is 0 Å². The first-order valence-corrected chi connectivity index (χ1v) is 7.14. The van der Waals surface area contributed by atoms with Crippen LogP contribution in [0.5, 0.6) is 0 Å². The maximum atomic E-state index is 11.7. The van der Waals surface area contributed by atoms with Gasteiger partial charge in [0.05, 0.1) is 3.42 Å². The Hall–Kier alpha value is -0.265. The Bertz CT molecular complexity index is 308. The molecule has 1 unspecified atom stereocenters. The molecule has 2 amide bonds. The minimum atomic E-state index is -0.413. The van der Waals surface area contributed by atoms with Crippen LogP contribution >= 0.6 is 22.6 Å². The van der Waals surface area contributed by atoms with E-state index in [-0.39, 0.29) is 17.8 Å². The van der Waals surface area contributed by atoms with Gasteiger partial charge in [-0.3, -0.25) is 9.59 Å². The number of carbonyl (C=O) groups excluding carboxylic acids is 2. The van der Waals surface area contributed by atoms with E-state index in [2.05, 4.69) is 33.2 Å². The van der Waals surface area contributed by atoms with Gasteiger partial charge in [-0.05, 0) is 26.2 Å². The number of alkyl halides is 1. The Morgan fingerprint density at radius 1 is 1.17 bits per heavy atom. The number of amides is 2. The fourth-order valence-electron chi connectivity index (χ4n) is 1.02. The molecule has 2 N–H and O–H groups in total. The first kappa shape index (κ1) is 17.7. The molecule has 0 spiro atoms. The predicted molar refractivity (Wildman–Crippen MR) is 83.9 cm³/mol.